The van der Waals surface area contributed by atoms with E-state index < -0.39 is 0 Å². The molecule has 0 radical (unpaired) electrons. The van der Waals surface area contributed by atoms with Gasteiger partial charge in [-0.05, 0) is 29.8 Å². The highest BCUT2D eigenvalue weighted by Gasteiger charge is 2.20. The molecular weight excluding hydrogens is 402 g/mol. The number of amides is 2. The molecule has 0 atom stereocenters. The minimum absolute atomic E-state index is 0.143. The normalized spacial score (nSPS) is 10.6. The van der Waals surface area contributed by atoms with Gasteiger partial charge in [0, 0.05) is 37.3 Å². The lowest BCUT2D eigenvalue weighted by Gasteiger charge is -2.19. The third-order valence-electron chi connectivity index (χ3n) is 5.16. The Kier molecular flexibility index (Phi) is 6.12. The summed E-state index contributed by atoms with van der Waals surface area (Å²) >= 11 is 0. The summed E-state index contributed by atoms with van der Waals surface area (Å²) in [5.41, 5.74) is 3.58. The Balaban J connectivity index is 1.55. The Morgan fingerprint density at radius 2 is 1.62 bits per heavy atom. The second kappa shape index (κ2) is 9.31. The van der Waals surface area contributed by atoms with E-state index in [9.17, 15) is 9.59 Å². The number of carbonyl (C=O) groups is 2. The van der Waals surface area contributed by atoms with Crippen LogP contribution < -0.4 is 5.32 Å². The van der Waals surface area contributed by atoms with Gasteiger partial charge in [-0.1, -0.05) is 54.6 Å². The number of oxazole rings is 1. The summed E-state index contributed by atoms with van der Waals surface area (Å²) < 4.78 is 5.97. The maximum atomic E-state index is 13.2. The van der Waals surface area contributed by atoms with Gasteiger partial charge in [-0.2, -0.15) is 0 Å². The van der Waals surface area contributed by atoms with Crippen molar-refractivity contribution in [1.82, 2.24) is 15.2 Å². The molecule has 4 rings (SSSR count). The summed E-state index contributed by atoms with van der Waals surface area (Å²) in [6.07, 6.45) is 1.67. The third kappa shape index (κ3) is 4.44. The number of rotatable bonds is 6. The average molecular weight is 425 g/mol. The molecule has 1 N–H and O–H groups in total. The molecule has 0 unspecified atom stereocenters. The topological polar surface area (TPSA) is 75.4 Å². The predicted molar refractivity (Wildman–Crippen MR) is 123 cm³/mol. The van der Waals surface area contributed by atoms with E-state index in [0.717, 1.165) is 11.1 Å². The second-order valence-corrected chi connectivity index (χ2v) is 7.38. The number of hydrogen-bond acceptors (Lipinski definition) is 4. The molecule has 32 heavy (non-hydrogen) atoms. The molecule has 0 aliphatic carbocycles. The highest BCUT2D eigenvalue weighted by atomic mass is 16.4. The van der Waals surface area contributed by atoms with E-state index in [2.05, 4.69) is 10.3 Å². The molecule has 4 aromatic rings. The lowest BCUT2D eigenvalue weighted by molar-refractivity contribution is 0.0785. The maximum absolute atomic E-state index is 13.2. The van der Waals surface area contributed by atoms with Crippen LogP contribution in [0.4, 0.5) is 0 Å². The van der Waals surface area contributed by atoms with Gasteiger partial charge in [-0.25, -0.2) is 4.98 Å². The van der Waals surface area contributed by atoms with Gasteiger partial charge >= 0.3 is 0 Å². The van der Waals surface area contributed by atoms with Crippen LogP contribution in [0.2, 0.25) is 0 Å². The van der Waals surface area contributed by atoms with E-state index in [1.807, 2.05) is 60.7 Å². The zero-order valence-corrected chi connectivity index (χ0v) is 17.9. The van der Waals surface area contributed by atoms with Crippen LogP contribution in [-0.4, -0.2) is 35.8 Å². The molecule has 0 saturated carbocycles. The molecule has 0 spiro atoms. The van der Waals surface area contributed by atoms with Crippen molar-refractivity contribution in [3.05, 3.63) is 102 Å². The van der Waals surface area contributed by atoms with Crippen molar-refractivity contribution in [3.63, 3.8) is 0 Å². The van der Waals surface area contributed by atoms with Crippen molar-refractivity contribution >= 4 is 11.8 Å². The largest absolute Gasteiger partial charge is 0.436 e. The molecule has 0 saturated heterocycles. The van der Waals surface area contributed by atoms with Crippen molar-refractivity contribution in [2.75, 3.05) is 14.1 Å². The van der Waals surface area contributed by atoms with E-state index >= 15 is 0 Å². The molecule has 3 aromatic carbocycles. The number of carbonyl (C=O) groups excluding carboxylic acids is 2. The van der Waals surface area contributed by atoms with Gasteiger partial charge in [0.05, 0.1) is 11.8 Å². The van der Waals surface area contributed by atoms with Gasteiger partial charge in [-0.3, -0.25) is 9.59 Å². The van der Waals surface area contributed by atoms with Crippen LogP contribution >= 0.6 is 0 Å². The third-order valence-corrected chi connectivity index (χ3v) is 5.16. The molecule has 6 nitrogen and oxygen atoms in total. The van der Waals surface area contributed by atoms with E-state index in [0.29, 0.717) is 34.9 Å². The highest BCUT2D eigenvalue weighted by molar-refractivity contribution is 6.00. The van der Waals surface area contributed by atoms with E-state index in [4.69, 9.17) is 4.42 Å². The van der Waals surface area contributed by atoms with Crippen LogP contribution in [0.5, 0.6) is 0 Å². The maximum Gasteiger partial charge on any atom is 0.254 e. The summed E-state index contributed by atoms with van der Waals surface area (Å²) in [7, 11) is 3.34. The summed E-state index contributed by atoms with van der Waals surface area (Å²) in [4.78, 5) is 31.0. The van der Waals surface area contributed by atoms with Crippen LogP contribution in [0.25, 0.3) is 22.8 Å². The molecule has 0 aliphatic rings. The predicted octanol–water partition coefficient (Wildman–Crippen LogP) is 4.64. The lowest BCUT2D eigenvalue weighted by atomic mass is 10.1. The first-order valence-electron chi connectivity index (χ1n) is 10.2. The monoisotopic (exact) mass is 425 g/mol. The molecule has 2 amide bonds. The smallest absolute Gasteiger partial charge is 0.254 e. The summed E-state index contributed by atoms with van der Waals surface area (Å²) in [6, 6.07) is 24.2. The van der Waals surface area contributed by atoms with Crippen molar-refractivity contribution in [2.45, 2.75) is 6.54 Å². The second-order valence-electron chi connectivity index (χ2n) is 7.38. The fraction of sp³-hybridized carbons (Fsp3) is 0.115. The number of hydrogen-bond donors (Lipinski definition) is 1. The van der Waals surface area contributed by atoms with Gasteiger partial charge in [0.15, 0.2) is 5.76 Å². The Labute approximate surface area is 186 Å². The molecule has 0 bridgehead atoms. The quantitative estimate of drug-likeness (QED) is 0.488. The number of benzene rings is 3. The van der Waals surface area contributed by atoms with Crippen LogP contribution in [0.15, 0.2) is 89.5 Å². The molecule has 0 aliphatic heterocycles. The number of aromatic nitrogens is 1. The van der Waals surface area contributed by atoms with Crippen LogP contribution in [0, 0.1) is 0 Å². The van der Waals surface area contributed by atoms with Gasteiger partial charge in [0.25, 0.3) is 11.8 Å². The molecule has 6 heteroatoms. The van der Waals surface area contributed by atoms with Crippen molar-refractivity contribution < 1.29 is 14.0 Å². The van der Waals surface area contributed by atoms with Gasteiger partial charge in [0.2, 0.25) is 5.89 Å². The zero-order valence-electron chi connectivity index (χ0n) is 17.9. The standard InChI is InChI=1S/C26H23N3O3/c1-27-24(30)20-14-12-18(13-15-20)17-29(2)26(31)22-11-7-6-10-21(22)25-28-16-23(32-25)19-8-4-3-5-9-19/h3-16H,17H2,1-2H3,(H,27,30). The lowest BCUT2D eigenvalue weighted by Crippen LogP contribution is -2.26. The summed E-state index contributed by atoms with van der Waals surface area (Å²) in [5.74, 6) is 0.759. The fourth-order valence-electron chi connectivity index (χ4n) is 3.45. The minimum Gasteiger partial charge on any atom is -0.436 e. The van der Waals surface area contributed by atoms with Crippen molar-refractivity contribution in [2.24, 2.45) is 0 Å². The SMILES string of the molecule is CNC(=O)c1ccc(CN(C)C(=O)c2ccccc2-c2ncc(-c3ccccc3)o2)cc1. The number of nitrogens with one attached hydrogen (secondary N) is 1. The Bertz CT molecular complexity index is 1230. The fourth-order valence-corrected chi connectivity index (χ4v) is 3.45. The van der Waals surface area contributed by atoms with Crippen LogP contribution in [-0.2, 0) is 6.54 Å². The van der Waals surface area contributed by atoms with E-state index in [1.54, 1.807) is 43.4 Å². The summed E-state index contributed by atoms with van der Waals surface area (Å²) in [5, 5.41) is 2.60. The average Bonchev–Trinajstić information content (AvgIpc) is 3.34. The van der Waals surface area contributed by atoms with Gasteiger partial charge in [0.1, 0.15) is 0 Å². The Hall–Kier alpha value is -4.19. The first-order chi connectivity index (χ1) is 15.6. The first kappa shape index (κ1) is 21.1. The Morgan fingerprint density at radius 3 is 2.34 bits per heavy atom. The van der Waals surface area contributed by atoms with Crippen molar-refractivity contribution in [1.29, 1.82) is 0 Å². The Morgan fingerprint density at radius 1 is 0.938 bits per heavy atom. The van der Waals surface area contributed by atoms with E-state index in [-0.39, 0.29) is 11.8 Å². The molecule has 160 valence electrons. The highest BCUT2D eigenvalue weighted by Crippen LogP contribution is 2.28. The number of nitrogens with zero attached hydrogens (tertiary/aromatic N) is 2. The zero-order chi connectivity index (χ0) is 22.5. The first-order valence-corrected chi connectivity index (χ1v) is 10.2. The van der Waals surface area contributed by atoms with Gasteiger partial charge < -0.3 is 14.6 Å². The van der Waals surface area contributed by atoms with Crippen LogP contribution in [0.1, 0.15) is 26.3 Å². The summed E-state index contributed by atoms with van der Waals surface area (Å²) in [6.45, 7) is 0.405. The molecule has 1 aromatic heterocycles. The van der Waals surface area contributed by atoms with Crippen molar-refractivity contribution in [3.8, 4) is 22.8 Å². The minimum atomic E-state index is -0.143. The molecule has 1 heterocycles. The molecular formula is C26H23N3O3. The van der Waals surface area contributed by atoms with Crippen LogP contribution in [0.3, 0.4) is 0 Å². The molecule has 0 fully saturated rings. The van der Waals surface area contributed by atoms with Gasteiger partial charge in [-0.15, -0.1) is 0 Å². The van der Waals surface area contributed by atoms with E-state index in [1.165, 1.54) is 0 Å².